The number of nitrogens with one attached hydrogen (secondary N) is 2. The molecule has 1 aliphatic rings. The van der Waals surface area contributed by atoms with Crippen molar-refractivity contribution in [3.05, 3.63) is 33.3 Å². The summed E-state index contributed by atoms with van der Waals surface area (Å²) >= 11 is 5.72. The Hall–Kier alpha value is -1.82. The fraction of sp³-hybridized carbons (Fsp3) is 0.364. The van der Waals surface area contributed by atoms with E-state index in [2.05, 4.69) is 10.6 Å². The van der Waals surface area contributed by atoms with Crippen molar-refractivity contribution in [3.63, 3.8) is 0 Å². The summed E-state index contributed by atoms with van der Waals surface area (Å²) in [6.07, 6.45) is 1.51. The number of benzene rings is 1. The Morgan fingerprint density at radius 1 is 1.50 bits per heavy atom. The molecule has 1 unspecified atom stereocenters. The van der Waals surface area contributed by atoms with Gasteiger partial charge in [-0.3, -0.25) is 14.9 Å². The molecule has 6 nitrogen and oxygen atoms in total. The lowest BCUT2D eigenvalue weighted by atomic mass is 10.1. The fourth-order valence-corrected chi connectivity index (χ4v) is 2.04. The molecule has 1 aliphatic heterocycles. The molecular weight excluding hydrogens is 258 g/mol. The normalized spacial score (nSPS) is 19.2. The van der Waals surface area contributed by atoms with Crippen LogP contribution in [0.25, 0.3) is 0 Å². The van der Waals surface area contributed by atoms with Crippen LogP contribution in [0.15, 0.2) is 18.2 Å². The molecule has 96 valence electrons. The number of carbonyl (C=O) groups excluding carboxylic acids is 1. The van der Waals surface area contributed by atoms with Gasteiger partial charge in [-0.15, -0.1) is 0 Å². The predicted octanol–water partition coefficient (Wildman–Crippen LogP) is 1.94. The van der Waals surface area contributed by atoms with E-state index in [9.17, 15) is 14.9 Å². The predicted molar refractivity (Wildman–Crippen MR) is 67.8 cm³/mol. The number of hydrogen-bond donors (Lipinski definition) is 2. The third-order valence-corrected chi connectivity index (χ3v) is 3.01. The van der Waals surface area contributed by atoms with E-state index in [-0.39, 0.29) is 11.6 Å². The summed E-state index contributed by atoms with van der Waals surface area (Å²) in [5, 5.41) is 16.8. The summed E-state index contributed by atoms with van der Waals surface area (Å²) in [7, 11) is 0. The number of nitro benzene ring substituents is 1. The highest BCUT2D eigenvalue weighted by Crippen LogP contribution is 2.28. The van der Waals surface area contributed by atoms with Gasteiger partial charge in [0.15, 0.2) is 0 Å². The van der Waals surface area contributed by atoms with Crippen LogP contribution in [0.1, 0.15) is 12.8 Å². The van der Waals surface area contributed by atoms with E-state index in [0.29, 0.717) is 23.7 Å². The number of anilines is 1. The van der Waals surface area contributed by atoms with Gasteiger partial charge in [0.05, 0.1) is 4.92 Å². The number of hydrogen-bond acceptors (Lipinski definition) is 4. The highest BCUT2D eigenvalue weighted by atomic mass is 35.5. The zero-order chi connectivity index (χ0) is 13.1. The van der Waals surface area contributed by atoms with E-state index in [4.69, 9.17) is 11.6 Å². The molecule has 0 aliphatic carbocycles. The number of nitro groups is 1. The number of piperidine rings is 1. The maximum atomic E-state index is 11.6. The molecule has 1 aromatic carbocycles. The van der Waals surface area contributed by atoms with Crippen LogP contribution in [0.2, 0.25) is 5.02 Å². The van der Waals surface area contributed by atoms with Crippen molar-refractivity contribution in [1.29, 1.82) is 0 Å². The lowest BCUT2D eigenvalue weighted by Crippen LogP contribution is -2.44. The fourth-order valence-electron chi connectivity index (χ4n) is 1.88. The van der Waals surface area contributed by atoms with Crippen molar-refractivity contribution in [2.45, 2.75) is 18.9 Å². The van der Waals surface area contributed by atoms with E-state index < -0.39 is 11.0 Å². The largest absolute Gasteiger partial charge is 0.368 e. The molecule has 1 heterocycles. The minimum absolute atomic E-state index is 0.124. The molecule has 2 N–H and O–H groups in total. The highest BCUT2D eigenvalue weighted by molar-refractivity contribution is 6.30. The first kappa shape index (κ1) is 12.6. The number of rotatable bonds is 3. The molecule has 0 spiro atoms. The maximum Gasteiger partial charge on any atom is 0.293 e. The van der Waals surface area contributed by atoms with Crippen LogP contribution >= 0.6 is 11.6 Å². The Bertz CT molecular complexity index is 492. The number of carbonyl (C=O) groups is 1. The Balaban J connectivity index is 2.22. The topological polar surface area (TPSA) is 84.3 Å². The SMILES string of the molecule is O=C1NCCCC1Nc1ccc(Cl)cc1[N+](=O)[O-]. The summed E-state index contributed by atoms with van der Waals surface area (Å²) in [6, 6.07) is 3.91. The van der Waals surface area contributed by atoms with Crippen LogP contribution in [0.3, 0.4) is 0 Å². The van der Waals surface area contributed by atoms with E-state index in [0.717, 1.165) is 6.42 Å². The van der Waals surface area contributed by atoms with Gasteiger partial charge in [-0.1, -0.05) is 11.6 Å². The van der Waals surface area contributed by atoms with Crippen LogP contribution < -0.4 is 10.6 Å². The Morgan fingerprint density at radius 2 is 2.28 bits per heavy atom. The van der Waals surface area contributed by atoms with Crippen LogP contribution in [0.5, 0.6) is 0 Å². The smallest absolute Gasteiger partial charge is 0.293 e. The molecule has 1 fully saturated rings. The minimum Gasteiger partial charge on any atom is -0.368 e. The monoisotopic (exact) mass is 269 g/mol. The number of amides is 1. The van der Waals surface area contributed by atoms with Crippen LogP contribution in [-0.2, 0) is 4.79 Å². The third kappa shape index (κ3) is 2.70. The summed E-state index contributed by atoms with van der Waals surface area (Å²) in [5.41, 5.74) is 0.187. The summed E-state index contributed by atoms with van der Waals surface area (Å²) in [4.78, 5) is 22.0. The lowest BCUT2D eigenvalue weighted by Gasteiger charge is -2.23. The molecule has 2 rings (SSSR count). The van der Waals surface area contributed by atoms with Gasteiger partial charge < -0.3 is 10.6 Å². The first-order valence-corrected chi connectivity index (χ1v) is 5.94. The van der Waals surface area contributed by atoms with Crippen LogP contribution in [0, 0.1) is 10.1 Å². The molecule has 1 amide bonds. The molecule has 18 heavy (non-hydrogen) atoms. The van der Waals surface area contributed by atoms with Gasteiger partial charge in [-0.2, -0.15) is 0 Å². The Morgan fingerprint density at radius 3 is 2.94 bits per heavy atom. The molecular formula is C11H12ClN3O3. The van der Waals surface area contributed by atoms with Gasteiger partial charge in [0.2, 0.25) is 5.91 Å². The first-order chi connectivity index (χ1) is 8.58. The molecule has 0 bridgehead atoms. The Labute approximate surface area is 108 Å². The van der Waals surface area contributed by atoms with Crippen LogP contribution in [0.4, 0.5) is 11.4 Å². The van der Waals surface area contributed by atoms with E-state index in [1.807, 2.05) is 0 Å². The van der Waals surface area contributed by atoms with E-state index in [1.165, 1.54) is 12.1 Å². The maximum absolute atomic E-state index is 11.6. The van der Waals surface area contributed by atoms with Crippen molar-refractivity contribution in [1.82, 2.24) is 5.32 Å². The molecule has 0 aromatic heterocycles. The molecule has 7 heteroatoms. The summed E-state index contributed by atoms with van der Waals surface area (Å²) in [6.45, 7) is 0.653. The van der Waals surface area contributed by atoms with Crippen LogP contribution in [-0.4, -0.2) is 23.4 Å². The average molecular weight is 270 g/mol. The minimum atomic E-state index is -0.519. The second-order valence-corrected chi connectivity index (χ2v) is 4.49. The van der Waals surface area contributed by atoms with E-state index in [1.54, 1.807) is 6.07 Å². The number of halogens is 1. The Kier molecular flexibility index (Phi) is 3.66. The quantitative estimate of drug-likeness (QED) is 0.649. The molecule has 1 aromatic rings. The third-order valence-electron chi connectivity index (χ3n) is 2.77. The van der Waals surface area contributed by atoms with Crippen molar-refractivity contribution in [2.75, 3.05) is 11.9 Å². The molecule has 0 saturated carbocycles. The summed E-state index contributed by atoms with van der Waals surface area (Å²) < 4.78 is 0. The van der Waals surface area contributed by atoms with Gasteiger partial charge in [-0.25, -0.2) is 0 Å². The molecule has 1 atom stereocenters. The zero-order valence-corrected chi connectivity index (χ0v) is 10.2. The average Bonchev–Trinajstić information content (AvgIpc) is 2.34. The van der Waals surface area contributed by atoms with Gasteiger partial charge in [0.1, 0.15) is 11.7 Å². The summed E-state index contributed by atoms with van der Waals surface area (Å²) in [5.74, 6) is -0.134. The van der Waals surface area contributed by atoms with Crippen molar-refractivity contribution in [3.8, 4) is 0 Å². The van der Waals surface area contributed by atoms with Gasteiger partial charge in [-0.05, 0) is 25.0 Å². The lowest BCUT2D eigenvalue weighted by molar-refractivity contribution is -0.384. The first-order valence-electron chi connectivity index (χ1n) is 5.56. The van der Waals surface area contributed by atoms with E-state index >= 15 is 0 Å². The zero-order valence-electron chi connectivity index (χ0n) is 9.48. The standard InChI is InChI=1S/C11H12ClN3O3/c12-7-3-4-8(10(6-7)15(17)18)14-9-2-1-5-13-11(9)16/h3-4,6,9,14H,1-2,5H2,(H,13,16). The highest BCUT2D eigenvalue weighted by Gasteiger charge is 2.24. The number of nitrogens with zero attached hydrogens (tertiary/aromatic N) is 1. The van der Waals surface area contributed by atoms with Gasteiger partial charge in [0.25, 0.3) is 5.69 Å². The van der Waals surface area contributed by atoms with Crippen molar-refractivity contribution < 1.29 is 9.72 Å². The molecule has 1 saturated heterocycles. The van der Waals surface area contributed by atoms with Gasteiger partial charge in [0, 0.05) is 17.6 Å². The van der Waals surface area contributed by atoms with Crippen molar-refractivity contribution in [2.24, 2.45) is 0 Å². The van der Waals surface area contributed by atoms with Gasteiger partial charge >= 0.3 is 0 Å². The second kappa shape index (κ2) is 5.22. The van der Waals surface area contributed by atoms with Crippen molar-refractivity contribution >= 4 is 28.9 Å². The molecule has 0 radical (unpaired) electrons. The second-order valence-electron chi connectivity index (χ2n) is 4.05.